The number of aliphatic hydroxyl groups is 1. The monoisotopic (exact) mass is 295 g/mol. The number of nitrogens with zero attached hydrogens (tertiary/aromatic N) is 1. The van der Waals surface area contributed by atoms with E-state index in [1.54, 1.807) is 17.4 Å². The fourth-order valence-corrected chi connectivity index (χ4v) is 3.05. The molecule has 21 heavy (non-hydrogen) atoms. The highest BCUT2D eigenvalue weighted by Gasteiger charge is 2.04. The molecule has 0 unspecified atom stereocenters. The average molecular weight is 295 g/mol. The molecule has 2 aromatic heterocycles. The van der Waals surface area contributed by atoms with Crippen molar-refractivity contribution in [3.63, 3.8) is 0 Å². The number of benzene rings is 1. The maximum absolute atomic E-state index is 11.9. The van der Waals surface area contributed by atoms with Crippen LogP contribution in [0.4, 0.5) is 0 Å². The van der Waals surface area contributed by atoms with E-state index < -0.39 is 0 Å². The number of thiophene rings is 1. The first-order valence-corrected chi connectivity index (χ1v) is 7.41. The van der Waals surface area contributed by atoms with Gasteiger partial charge >= 0.3 is 0 Å². The highest BCUT2D eigenvalue weighted by molar-refractivity contribution is 7.10. The maximum Gasteiger partial charge on any atom is 0.189 e. The van der Waals surface area contributed by atoms with Crippen LogP contribution < -0.4 is 5.43 Å². The van der Waals surface area contributed by atoms with E-state index in [0.717, 1.165) is 21.3 Å². The summed E-state index contributed by atoms with van der Waals surface area (Å²) in [5, 5.41) is 11.4. The first kappa shape index (κ1) is 13.6. The van der Waals surface area contributed by atoms with Crippen molar-refractivity contribution in [2.24, 2.45) is 0 Å². The molecule has 0 radical (unpaired) electrons. The molecule has 0 fully saturated rings. The van der Waals surface area contributed by atoms with Gasteiger partial charge in [-0.25, -0.2) is 0 Å². The van der Waals surface area contributed by atoms with Crippen LogP contribution in [0.2, 0.25) is 0 Å². The Balaban J connectivity index is 1.97. The van der Waals surface area contributed by atoms with E-state index in [4.69, 9.17) is 5.11 Å². The largest absolute Gasteiger partial charge is 0.384 e. The van der Waals surface area contributed by atoms with Gasteiger partial charge in [0.05, 0.1) is 12.1 Å². The van der Waals surface area contributed by atoms with E-state index >= 15 is 0 Å². The molecule has 0 atom stereocenters. The lowest BCUT2D eigenvalue weighted by Crippen LogP contribution is -2.07. The Morgan fingerprint density at radius 1 is 1.24 bits per heavy atom. The van der Waals surface area contributed by atoms with Crippen molar-refractivity contribution in [2.45, 2.75) is 6.54 Å². The lowest BCUT2D eigenvalue weighted by atomic mass is 10.2. The molecule has 0 aliphatic heterocycles. The summed E-state index contributed by atoms with van der Waals surface area (Å²) in [6.45, 7) is 0.571. The Labute approximate surface area is 126 Å². The van der Waals surface area contributed by atoms with Gasteiger partial charge in [-0.1, -0.05) is 24.0 Å². The zero-order valence-electron chi connectivity index (χ0n) is 11.2. The lowest BCUT2D eigenvalue weighted by molar-refractivity contribution is 0.350. The normalized spacial score (nSPS) is 10.3. The number of aliphatic hydroxyl groups excluding tert-OH is 1. The van der Waals surface area contributed by atoms with Crippen molar-refractivity contribution in [1.82, 2.24) is 4.57 Å². The molecule has 0 aliphatic carbocycles. The van der Waals surface area contributed by atoms with Crippen molar-refractivity contribution in [2.75, 3.05) is 6.61 Å². The standard InChI is InChI=1S/C17H13NO2S/c19-9-3-4-13-10-14(21-12-13)11-18-8-7-17(20)15-5-1-2-6-16(15)18/h1-2,5-8,10,12,19H,9,11H2. The molecule has 104 valence electrons. The van der Waals surface area contributed by atoms with E-state index in [2.05, 4.69) is 16.4 Å². The molecule has 3 aromatic rings. The molecule has 0 aliphatic rings. The summed E-state index contributed by atoms with van der Waals surface area (Å²) < 4.78 is 2.06. The predicted molar refractivity (Wildman–Crippen MR) is 85.6 cm³/mol. The quantitative estimate of drug-likeness (QED) is 0.738. The Morgan fingerprint density at radius 3 is 2.95 bits per heavy atom. The van der Waals surface area contributed by atoms with Gasteiger partial charge in [0.15, 0.2) is 5.43 Å². The number of aromatic nitrogens is 1. The molecule has 1 N–H and O–H groups in total. The molecule has 3 rings (SSSR count). The van der Waals surface area contributed by atoms with E-state index in [-0.39, 0.29) is 12.0 Å². The molecule has 0 bridgehead atoms. The first-order valence-electron chi connectivity index (χ1n) is 6.53. The minimum Gasteiger partial charge on any atom is -0.384 e. The van der Waals surface area contributed by atoms with Crippen LogP contribution in [0, 0.1) is 11.8 Å². The Morgan fingerprint density at radius 2 is 2.10 bits per heavy atom. The summed E-state index contributed by atoms with van der Waals surface area (Å²) >= 11 is 1.62. The summed E-state index contributed by atoms with van der Waals surface area (Å²) in [5.41, 5.74) is 1.89. The lowest BCUT2D eigenvalue weighted by Gasteiger charge is -2.08. The van der Waals surface area contributed by atoms with Gasteiger partial charge in [0, 0.05) is 33.5 Å². The molecule has 1 aromatic carbocycles. The molecule has 0 saturated carbocycles. The van der Waals surface area contributed by atoms with Crippen LogP contribution >= 0.6 is 11.3 Å². The highest BCUT2D eigenvalue weighted by Crippen LogP contribution is 2.18. The second-order valence-electron chi connectivity index (χ2n) is 4.59. The van der Waals surface area contributed by atoms with E-state index in [0.29, 0.717) is 6.54 Å². The zero-order chi connectivity index (χ0) is 14.7. The van der Waals surface area contributed by atoms with Gasteiger partial charge in [0.2, 0.25) is 0 Å². The second kappa shape index (κ2) is 5.96. The van der Waals surface area contributed by atoms with Crippen LogP contribution in [-0.4, -0.2) is 16.3 Å². The van der Waals surface area contributed by atoms with Crippen LogP contribution in [0.15, 0.2) is 52.8 Å². The van der Waals surface area contributed by atoms with E-state index in [1.165, 1.54) is 0 Å². The van der Waals surface area contributed by atoms with Crippen molar-refractivity contribution >= 4 is 22.2 Å². The first-order chi connectivity index (χ1) is 10.3. The smallest absolute Gasteiger partial charge is 0.189 e. The molecule has 0 spiro atoms. The summed E-state index contributed by atoms with van der Waals surface area (Å²) in [5.74, 6) is 5.54. The van der Waals surface area contributed by atoms with Crippen LogP contribution in [0.1, 0.15) is 10.4 Å². The van der Waals surface area contributed by atoms with Gasteiger partial charge in [-0.3, -0.25) is 4.79 Å². The number of para-hydroxylation sites is 1. The Kier molecular flexibility index (Phi) is 3.87. The third kappa shape index (κ3) is 2.89. The van der Waals surface area contributed by atoms with Crippen LogP contribution in [0.25, 0.3) is 10.9 Å². The van der Waals surface area contributed by atoms with Gasteiger partial charge in [0.25, 0.3) is 0 Å². The van der Waals surface area contributed by atoms with Gasteiger partial charge in [0.1, 0.15) is 6.61 Å². The molecular formula is C17H13NO2S. The SMILES string of the molecule is O=c1ccn(Cc2cc(C#CCO)cs2)c2ccccc12. The maximum atomic E-state index is 11.9. The number of rotatable bonds is 2. The van der Waals surface area contributed by atoms with Crippen molar-refractivity contribution < 1.29 is 5.11 Å². The minimum atomic E-state index is -0.129. The van der Waals surface area contributed by atoms with E-state index in [1.807, 2.05) is 41.9 Å². The van der Waals surface area contributed by atoms with Crippen molar-refractivity contribution in [1.29, 1.82) is 0 Å². The summed E-state index contributed by atoms with van der Waals surface area (Å²) in [7, 11) is 0. The Bertz CT molecular complexity index is 896. The molecule has 3 nitrogen and oxygen atoms in total. The summed E-state index contributed by atoms with van der Waals surface area (Å²) in [4.78, 5) is 13.0. The van der Waals surface area contributed by atoms with Crippen LogP contribution in [-0.2, 0) is 6.54 Å². The van der Waals surface area contributed by atoms with Gasteiger partial charge in [-0.2, -0.15) is 0 Å². The Hall–Kier alpha value is -2.35. The fourth-order valence-electron chi connectivity index (χ4n) is 2.24. The summed E-state index contributed by atoms with van der Waals surface area (Å²) in [6, 6.07) is 11.2. The third-order valence-electron chi connectivity index (χ3n) is 3.18. The molecule has 0 amide bonds. The van der Waals surface area contributed by atoms with Gasteiger partial charge < -0.3 is 9.67 Å². The number of hydrogen-bond donors (Lipinski definition) is 1. The molecular weight excluding hydrogens is 282 g/mol. The molecule has 4 heteroatoms. The van der Waals surface area contributed by atoms with E-state index in [9.17, 15) is 4.79 Å². The summed E-state index contributed by atoms with van der Waals surface area (Å²) in [6.07, 6.45) is 1.82. The predicted octanol–water partition coefficient (Wildman–Crippen LogP) is 2.46. The van der Waals surface area contributed by atoms with Crippen LogP contribution in [0.5, 0.6) is 0 Å². The number of fused-ring (bicyclic) bond motifs is 1. The van der Waals surface area contributed by atoms with Crippen molar-refractivity contribution in [3.05, 3.63) is 68.6 Å². The third-order valence-corrected chi connectivity index (χ3v) is 4.10. The molecule has 0 saturated heterocycles. The van der Waals surface area contributed by atoms with Gasteiger partial charge in [-0.05, 0) is 18.2 Å². The number of pyridine rings is 1. The van der Waals surface area contributed by atoms with Crippen molar-refractivity contribution in [3.8, 4) is 11.8 Å². The second-order valence-corrected chi connectivity index (χ2v) is 5.58. The fraction of sp³-hybridized carbons (Fsp3) is 0.118. The topological polar surface area (TPSA) is 42.2 Å². The van der Waals surface area contributed by atoms with Gasteiger partial charge in [-0.15, -0.1) is 11.3 Å². The molecule has 2 heterocycles. The zero-order valence-corrected chi connectivity index (χ0v) is 12.1. The number of hydrogen-bond acceptors (Lipinski definition) is 3. The minimum absolute atomic E-state index is 0.0440. The highest BCUT2D eigenvalue weighted by atomic mass is 32.1. The van der Waals surface area contributed by atoms with Crippen LogP contribution in [0.3, 0.4) is 0 Å². The average Bonchev–Trinajstić information content (AvgIpc) is 2.96.